The van der Waals surface area contributed by atoms with Crippen molar-refractivity contribution in [3.8, 4) is 28.6 Å². The maximum Gasteiger partial charge on any atom is 0.250 e. The molecule has 0 fully saturated rings. The summed E-state index contributed by atoms with van der Waals surface area (Å²) < 4.78 is 7.94. The molecule has 0 radical (unpaired) electrons. The lowest BCUT2D eigenvalue weighted by Crippen LogP contribution is -2.20. The number of nitrogens with one attached hydrogen (secondary N) is 1. The van der Waals surface area contributed by atoms with Crippen molar-refractivity contribution in [2.45, 2.75) is 5.16 Å². The number of thioether (sulfide) groups is 1. The summed E-state index contributed by atoms with van der Waals surface area (Å²) in [5.74, 6) is 1.23. The van der Waals surface area contributed by atoms with Crippen LogP contribution in [0.3, 0.4) is 0 Å². The molecule has 4 rings (SSSR count). The second kappa shape index (κ2) is 11.0. The number of aromatic nitrogens is 3. The second-order valence-electron chi connectivity index (χ2n) is 6.99. The van der Waals surface area contributed by atoms with Gasteiger partial charge in [0.05, 0.1) is 19.1 Å². The van der Waals surface area contributed by atoms with Crippen molar-refractivity contribution in [2.24, 2.45) is 5.10 Å². The number of hydrazone groups is 1. The number of carbonyl (C=O) groups is 1. The highest BCUT2D eigenvalue weighted by Crippen LogP contribution is 2.29. The van der Waals surface area contributed by atoms with E-state index in [0.717, 1.165) is 21.5 Å². The number of benzene rings is 3. The Bertz CT molecular complexity index is 1310. The quantitative estimate of drug-likeness (QED) is 0.192. The summed E-state index contributed by atoms with van der Waals surface area (Å²) in [7, 11) is 1.62. The van der Waals surface area contributed by atoms with Crippen molar-refractivity contribution in [1.29, 1.82) is 0 Å². The van der Waals surface area contributed by atoms with Crippen LogP contribution in [0.5, 0.6) is 11.5 Å². The number of halogens is 1. The Morgan fingerprint density at radius 1 is 1.15 bits per heavy atom. The molecule has 1 aromatic heterocycles. The molecule has 34 heavy (non-hydrogen) atoms. The lowest BCUT2D eigenvalue weighted by atomic mass is 10.2. The van der Waals surface area contributed by atoms with Crippen LogP contribution in [-0.4, -0.2) is 44.9 Å². The number of amides is 1. The first-order valence-electron chi connectivity index (χ1n) is 10.1. The molecule has 0 unspecified atom stereocenters. The zero-order chi connectivity index (χ0) is 23.9. The number of carbonyl (C=O) groups excluding carboxylic acids is 1. The lowest BCUT2D eigenvalue weighted by Gasteiger charge is -2.10. The lowest BCUT2D eigenvalue weighted by molar-refractivity contribution is -0.118. The summed E-state index contributed by atoms with van der Waals surface area (Å²) >= 11 is 4.58. The Morgan fingerprint density at radius 2 is 1.91 bits per heavy atom. The van der Waals surface area contributed by atoms with Crippen LogP contribution >= 0.6 is 27.7 Å². The SMILES string of the molecule is COc1ccc(-c2nnc(SCC(=O)NN=Cc3cc(Br)ccc3O)n2-c2ccccc2)cc1. The minimum absolute atomic E-state index is 0.0672. The van der Waals surface area contributed by atoms with Crippen LogP contribution in [0.25, 0.3) is 17.1 Å². The van der Waals surface area contributed by atoms with E-state index in [1.807, 2.05) is 59.2 Å². The van der Waals surface area contributed by atoms with Crippen molar-refractivity contribution in [2.75, 3.05) is 12.9 Å². The molecule has 2 N–H and O–H groups in total. The zero-order valence-corrected chi connectivity index (χ0v) is 20.5. The number of hydrogen-bond donors (Lipinski definition) is 2. The topological polar surface area (TPSA) is 102 Å². The highest BCUT2D eigenvalue weighted by atomic mass is 79.9. The van der Waals surface area contributed by atoms with E-state index < -0.39 is 0 Å². The van der Waals surface area contributed by atoms with E-state index in [4.69, 9.17) is 4.74 Å². The molecule has 0 saturated heterocycles. The van der Waals surface area contributed by atoms with Gasteiger partial charge in [-0.2, -0.15) is 5.10 Å². The van der Waals surface area contributed by atoms with Gasteiger partial charge in [-0.05, 0) is 54.6 Å². The van der Waals surface area contributed by atoms with Gasteiger partial charge < -0.3 is 9.84 Å². The smallest absolute Gasteiger partial charge is 0.250 e. The van der Waals surface area contributed by atoms with Crippen molar-refractivity contribution in [3.05, 3.63) is 82.8 Å². The minimum atomic E-state index is -0.315. The molecule has 0 aliphatic carbocycles. The average molecular weight is 538 g/mol. The van der Waals surface area contributed by atoms with Crippen molar-refractivity contribution in [1.82, 2.24) is 20.2 Å². The summed E-state index contributed by atoms with van der Waals surface area (Å²) in [5.41, 5.74) is 4.70. The van der Waals surface area contributed by atoms with Gasteiger partial charge in [0, 0.05) is 21.3 Å². The summed E-state index contributed by atoms with van der Waals surface area (Å²) in [6.45, 7) is 0. The molecule has 0 bridgehead atoms. The molecule has 3 aromatic carbocycles. The monoisotopic (exact) mass is 537 g/mol. The van der Waals surface area contributed by atoms with Crippen LogP contribution in [0.4, 0.5) is 0 Å². The van der Waals surface area contributed by atoms with Gasteiger partial charge in [-0.25, -0.2) is 5.43 Å². The number of methoxy groups -OCH3 is 1. The zero-order valence-electron chi connectivity index (χ0n) is 18.1. The van der Waals surface area contributed by atoms with Crippen molar-refractivity contribution >= 4 is 39.8 Å². The summed E-state index contributed by atoms with van der Waals surface area (Å²) in [6.07, 6.45) is 1.39. The summed E-state index contributed by atoms with van der Waals surface area (Å²) in [5, 5.41) is 23.1. The third-order valence-electron chi connectivity index (χ3n) is 4.71. The molecule has 1 amide bonds. The molecular weight excluding hydrogens is 518 g/mol. The van der Waals surface area contributed by atoms with Crippen LogP contribution in [0, 0.1) is 0 Å². The third-order valence-corrected chi connectivity index (χ3v) is 6.13. The third kappa shape index (κ3) is 5.64. The highest BCUT2D eigenvalue weighted by molar-refractivity contribution is 9.10. The Hall–Kier alpha value is -3.63. The van der Waals surface area contributed by atoms with E-state index >= 15 is 0 Å². The first-order chi connectivity index (χ1) is 16.5. The van der Waals surface area contributed by atoms with Gasteiger partial charge in [-0.3, -0.25) is 9.36 Å². The first-order valence-corrected chi connectivity index (χ1v) is 11.9. The van der Waals surface area contributed by atoms with Gasteiger partial charge in [0.25, 0.3) is 5.91 Å². The fourth-order valence-electron chi connectivity index (χ4n) is 3.07. The number of aromatic hydroxyl groups is 1. The molecule has 0 aliphatic rings. The van der Waals surface area contributed by atoms with Crippen molar-refractivity contribution < 1.29 is 14.6 Å². The second-order valence-corrected chi connectivity index (χ2v) is 8.85. The molecule has 0 aliphatic heterocycles. The fraction of sp³-hybridized carbons (Fsp3) is 0.0833. The molecule has 0 saturated carbocycles. The van der Waals surface area contributed by atoms with Crippen molar-refractivity contribution in [3.63, 3.8) is 0 Å². The number of para-hydroxylation sites is 1. The predicted octanol–water partition coefficient (Wildman–Crippen LogP) is 4.65. The molecule has 1 heterocycles. The number of phenols is 1. The number of nitrogens with zero attached hydrogens (tertiary/aromatic N) is 4. The van der Waals surface area contributed by atoms with Crippen LogP contribution in [-0.2, 0) is 4.79 Å². The Morgan fingerprint density at radius 3 is 2.65 bits per heavy atom. The van der Waals surface area contributed by atoms with Crippen LogP contribution in [0.15, 0.2) is 87.5 Å². The number of phenolic OH excluding ortho intramolecular Hbond substituents is 1. The average Bonchev–Trinajstić information content (AvgIpc) is 3.29. The fourth-order valence-corrected chi connectivity index (χ4v) is 4.19. The van der Waals surface area contributed by atoms with E-state index in [1.165, 1.54) is 18.0 Å². The molecule has 0 spiro atoms. The Balaban J connectivity index is 1.50. The highest BCUT2D eigenvalue weighted by Gasteiger charge is 2.17. The van der Waals surface area contributed by atoms with E-state index in [9.17, 15) is 9.90 Å². The largest absolute Gasteiger partial charge is 0.507 e. The van der Waals surface area contributed by atoms with Crippen LogP contribution in [0.1, 0.15) is 5.56 Å². The van der Waals surface area contributed by atoms with E-state index in [1.54, 1.807) is 25.3 Å². The molecule has 0 atom stereocenters. The van der Waals surface area contributed by atoms with E-state index in [2.05, 4.69) is 36.7 Å². The van der Waals surface area contributed by atoms with Gasteiger partial charge in [-0.1, -0.05) is 45.9 Å². The first kappa shape index (κ1) is 23.5. The van der Waals surface area contributed by atoms with E-state index in [-0.39, 0.29) is 17.4 Å². The number of ether oxygens (including phenoxy) is 1. The predicted molar refractivity (Wildman–Crippen MR) is 136 cm³/mol. The number of hydrogen-bond acceptors (Lipinski definition) is 7. The molecule has 10 heteroatoms. The van der Waals surface area contributed by atoms with Crippen LogP contribution in [0.2, 0.25) is 0 Å². The maximum absolute atomic E-state index is 12.4. The van der Waals surface area contributed by atoms with Gasteiger partial charge in [0.1, 0.15) is 11.5 Å². The number of rotatable bonds is 8. The standard InChI is InChI=1S/C24H20BrN5O3S/c1-33-20-10-7-16(8-11-20)23-28-29-24(30(23)19-5-3-2-4-6-19)34-15-22(32)27-26-14-17-13-18(25)9-12-21(17)31/h2-14,31H,15H2,1H3,(H,27,32). The van der Waals surface area contributed by atoms with Gasteiger partial charge in [-0.15, -0.1) is 10.2 Å². The Kier molecular flexibility index (Phi) is 7.61. The van der Waals surface area contributed by atoms with Gasteiger partial charge in [0.15, 0.2) is 11.0 Å². The molecule has 4 aromatic rings. The molecule has 172 valence electrons. The molecular formula is C24H20BrN5O3S. The van der Waals surface area contributed by atoms with Gasteiger partial charge >= 0.3 is 0 Å². The van der Waals surface area contributed by atoms with E-state index in [0.29, 0.717) is 16.5 Å². The van der Waals surface area contributed by atoms with Gasteiger partial charge in [0.2, 0.25) is 0 Å². The minimum Gasteiger partial charge on any atom is -0.507 e. The normalized spacial score (nSPS) is 11.0. The Labute approximate surface area is 208 Å². The van der Waals surface area contributed by atoms with Crippen LogP contribution < -0.4 is 10.2 Å². The maximum atomic E-state index is 12.4. The summed E-state index contributed by atoms with van der Waals surface area (Å²) in [6, 6.07) is 22.2. The molecule has 8 nitrogen and oxygen atoms in total. The summed E-state index contributed by atoms with van der Waals surface area (Å²) in [4.78, 5) is 12.4.